The molecule has 0 aromatic heterocycles. The lowest BCUT2D eigenvalue weighted by atomic mass is 10.4. The van der Waals surface area contributed by atoms with Gasteiger partial charge in [-0.3, -0.25) is 0 Å². The summed E-state index contributed by atoms with van der Waals surface area (Å²) >= 11 is 0. The van der Waals surface area contributed by atoms with E-state index in [4.69, 9.17) is 15.2 Å². The third kappa shape index (κ3) is 8.88. The molecule has 0 spiro atoms. The zero-order chi connectivity index (χ0) is 10.1. The topological polar surface area (TPSA) is 61.5 Å². The number of ether oxygens (including phenoxy) is 2. The van der Waals surface area contributed by atoms with Crippen LogP contribution in [-0.4, -0.2) is 25.8 Å². The zero-order valence-electron chi connectivity index (χ0n) is 8.21. The standard InChI is InChI=1S/C9H17NO3/c1-3-4-12-5-6-13-9(11)7-8(2)10/h7H,3-6,10H2,1-2H3/b8-7-. The predicted molar refractivity (Wildman–Crippen MR) is 50.0 cm³/mol. The van der Waals surface area contributed by atoms with E-state index in [9.17, 15) is 4.79 Å². The molecular formula is C9H17NO3. The number of allylic oxidation sites excluding steroid dienone is 1. The summed E-state index contributed by atoms with van der Waals surface area (Å²) in [4.78, 5) is 10.9. The first kappa shape index (κ1) is 12.0. The molecule has 4 heteroatoms. The molecule has 4 nitrogen and oxygen atoms in total. The van der Waals surface area contributed by atoms with Crippen molar-refractivity contribution in [3.63, 3.8) is 0 Å². The third-order valence-corrected chi connectivity index (χ3v) is 1.17. The number of rotatable bonds is 6. The Hall–Kier alpha value is -1.03. The summed E-state index contributed by atoms with van der Waals surface area (Å²) in [5, 5.41) is 0. The van der Waals surface area contributed by atoms with Gasteiger partial charge in [-0.05, 0) is 13.3 Å². The van der Waals surface area contributed by atoms with Gasteiger partial charge >= 0.3 is 5.97 Å². The van der Waals surface area contributed by atoms with Crippen molar-refractivity contribution < 1.29 is 14.3 Å². The Morgan fingerprint density at radius 2 is 2.08 bits per heavy atom. The number of hydrogen-bond donors (Lipinski definition) is 1. The van der Waals surface area contributed by atoms with E-state index in [1.54, 1.807) is 6.92 Å². The van der Waals surface area contributed by atoms with Gasteiger partial charge in [-0.2, -0.15) is 0 Å². The zero-order valence-corrected chi connectivity index (χ0v) is 8.21. The second kappa shape index (κ2) is 7.61. The van der Waals surface area contributed by atoms with Crippen molar-refractivity contribution in [1.29, 1.82) is 0 Å². The quantitative estimate of drug-likeness (QED) is 0.380. The van der Waals surface area contributed by atoms with Crippen LogP contribution in [-0.2, 0) is 14.3 Å². The Morgan fingerprint density at radius 3 is 2.62 bits per heavy atom. The molecule has 0 rings (SSSR count). The van der Waals surface area contributed by atoms with Gasteiger partial charge < -0.3 is 15.2 Å². The Morgan fingerprint density at radius 1 is 1.38 bits per heavy atom. The molecule has 0 bridgehead atoms. The maximum Gasteiger partial charge on any atom is 0.332 e. The molecule has 0 unspecified atom stereocenters. The van der Waals surface area contributed by atoms with Crippen LogP contribution < -0.4 is 5.73 Å². The highest BCUT2D eigenvalue weighted by molar-refractivity contribution is 5.82. The summed E-state index contributed by atoms with van der Waals surface area (Å²) in [6.07, 6.45) is 2.22. The summed E-state index contributed by atoms with van der Waals surface area (Å²) in [5.41, 5.74) is 5.72. The van der Waals surface area contributed by atoms with Gasteiger partial charge in [-0.25, -0.2) is 4.79 Å². The first-order chi connectivity index (χ1) is 6.16. The normalized spacial score (nSPS) is 11.4. The molecule has 0 aliphatic carbocycles. The first-order valence-corrected chi connectivity index (χ1v) is 4.35. The molecule has 13 heavy (non-hydrogen) atoms. The average Bonchev–Trinajstić information content (AvgIpc) is 2.02. The predicted octanol–water partition coefficient (Wildman–Crippen LogP) is 0.819. The smallest absolute Gasteiger partial charge is 0.332 e. The van der Waals surface area contributed by atoms with Crippen molar-refractivity contribution in [2.24, 2.45) is 5.73 Å². The lowest BCUT2D eigenvalue weighted by molar-refractivity contribution is -0.139. The van der Waals surface area contributed by atoms with Crippen molar-refractivity contribution in [2.45, 2.75) is 20.3 Å². The molecular weight excluding hydrogens is 170 g/mol. The van der Waals surface area contributed by atoms with Crippen LogP contribution in [0.5, 0.6) is 0 Å². The molecule has 0 aromatic rings. The fourth-order valence-electron chi connectivity index (χ4n) is 0.675. The van der Waals surface area contributed by atoms with E-state index in [1.165, 1.54) is 6.08 Å². The van der Waals surface area contributed by atoms with Gasteiger partial charge in [0.1, 0.15) is 6.61 Å². The average molecular weight is 187 g/mol. The van der Waals surface area contributed by atoms with E-state index < -0.39 is 5.97 Å². The van der Waals surface area contributed by atoms with Crippen molar-refractivity contribution in [3.05, 3.63) is 11.8 Å². The van der Waals surface area contributed by atoms with Gasteiger partial charge in [0.05, 0.1) is 6.61 Å². The highest BCUT2D eigenvalue weighted by Gasteiger charge is 1.96. The summed E-state index contributed by atoms with van der Waals surface area (Å²) in [7, 11) is 0. The number of esters is 1. The molecule has 76 valence electrons. The van der Waals surface area contributed by atoms with E-state index in [-0.39, 0.29) is 6.61 Å². The molecule has 0 aromatic carbocycles. The van der Waals surface area contributed by atoms with E-state index in [1.807, 2.05) is 6.92 Å². The fourth-order valence-corrected chi connectivity index (χ4v) is 0.675. The van der Waals surface area contributed by atoms with Crippen LogP contribution in [0.15, 0.2) is 11.8 Å². The third-order valence-electron chi connectivity index (χ3n) is 1.17. The van der Waals surface area contributed by atoms with Crippen molar-refractivity contribution in [2.75, 3.05) is 19.8 Å². The number of carbonyl (C=O) groups excluding carboxylic acids is 1. The van der Waals surface area contributed by atoms with E-state index in [2.05, 4.69) is 0 Å². The lowest BCUT2D eigenvalue weighted by Crippen LogP contribution is -2.10. The van der Waals surface area contributed by atoms with E-state index >= 15 is 0 Å². The van der Waals surface area contributed by atoms with Gasteiger partial charge in [0.2, 0.25) is 0 Å². The maximum atomic E-state index is 10.9. The van der Waals surface area contributed by atoms with Gasteiger partial charge in [0.15, 0.2) is 0 Å². The van der Waals surface area contributed by atoms with Crippen LogP contribution in [0.4, 0.5) is 0 Å². The summed E-state index contributed by atoms with van der Waals surface area (Å²) in [6.45, 7) is 5.07. The summed E-state index contributed by atoms with van der Waals surface area (Å²) in [5.74, 6) is -0.417. The largest absolute Gasteiger partial charge is 0.460 e. The molecule has 0 saturated heterocycles. The molecule has 0 radical (unpaired) electrons. The SMILES string of the molecule is CCCOCCOC(=O)/C=C(/C)N. The van der Waals surface area contributed by atoms with E-state index in [0.29, 0.717) is 18.9 Å². The van der Waals surface area contributed by atoms with Crippen molar-refractivity contribution in [1.82, 2.24) is 0 Å². The molecule has 0 aliphatic rings. The minimum Gasteiger partial charge on any atom is -0.460 e. The monoisotopic (exact) mass is 187 g/mol. The van der Waals surface area contributed by atoms with Crippen LogP contribution in [0.3, 0.4) is 0 Å². The minimum absolute atomic E-state index is 0.280. The van der Waals surface area contributed by atoms with Gasteiger partial charge in [-0.15, -0.1) is 0 Å². The Balaban J connectivity index is 3.33. The Kier molecular flexibility index (Phi) is 7.01. The Bertz CT molecular complexity index is 174. The van der Waals surface area contributed by atoms with Crippen LogP contribution in [0, 0.1) is 0 Å². The second-order valence-corrected chi connectivity index (χ2v) is 2.67. The summed E-state index contributed by atoms with van der Waals surface area (Å²) in [6, 6.07) is 0. The maximum absolute atomic E-state index is 10.9. The van der Waals surface area contributed by atoms with Crippen LogP contribution in [0.1, 0.15) is 20.3 Å². The van der Waals surface area contributed by atoms with Crippen LogP contribution in [0.25, 0.3) is 0 Å². The molecule has 0 saturated carbocycles. The molecule has 0 aliphatic heterocycles. The lowest BCUT2D eigenvalue weighted by Gasteiger charge is -2.02. The first-order valence-electron chi connectivity index (χ1n) is 4.35. The minimum atomic E-state index is -0.417. The summed E-state index contributed by atoms with van der Waals surface area (Å²) < 4.78 is 9.89. The van der Waals surface area contributed by atoms with Crippen LogP contribution in [0.2, 0.25) is 0 Å². The van der Waals surface area contributed by atoms with Gasteiger partial charge in [0.25, 0.3) is 0 Å². The molecule has 0 amide bonds. The number of carbonyl (C=O) groups is 1. The molecule has 0 heterocycles. The molecule has 0 fully saturated rings. The van der Waals surface area contributed by atoms with Gasteiger partial charge in [0, 0.05) is 18.4 Å². The second-order valence-electron chi connectivity index (χ2n) is 2.67. The van der Waals surface area contributed by atoms with Crippen molar-refractivity contribution in [3.8, 4) is 0 Å². The Labute approximate surface area is 78.7 Å². The highest BCUT2D eigenvalue weighted by Crippen LogP contribution is 1.86. The fraction of sp³-hybridized carbons (Fsp3) is 0.667. The van der Waals surface area contributed by atoms with Crippen molar-refractivity contribution >= 4 is 5.97 Å². The number of hydrogen-bond acceptors (Lipinski definition) is 4. The van der Waals surface area contributed by atoms with E-state index in [0.717, 1.165) is 6.42 Å². The molecule has 2 N–H and O–H groups in total. The van der Waals surface area contributed by atoms with Gasteiger partial charge in [-0.1, -0.05) is 6.92 Å². The molecule has 0 atom stereocenters. The number of nitrogens with two attached hydrogens (primary N) is 1. The van der Waals surface area contributed by atoms with Crippen LogP contribution >= 0.6 is 0 Å². The highest BCUT2D eigenvalue weighted by atomic mass is 16.6.